The van der Waals surface area contributed by atoms with E-state index in [9.17, 15) is 14.9 Å². The number of aliphatic carboxylic acids is 1. The van der Waals surface area contributed by atoms with E-state index in [0.717, 1.165) is 0 Å². The highest BCUT2D eigenvalue weighted by atomic mass is 16.6. The number of carbonyl (C=O) groups is 1. The summed E-state index contributed by atoms with van der Waals surface area (Å²) in [6.07, 6.45) is 0.361. The summed E-state index contributed by atoms with van der Waals surface area (Å²) in [6, 6.07) is 9.65. The van der Waals surface area contributed by atoms with Crippen LogP contribution in [0.3, 0.4) is 0 Å². The summed E-state index contributed by atoms with van der Waals surface area (Å²) in [5.74, 6) is -0.528. The van der Waals surface area contributed by atoms with Crippen molar-refractivity contribution in [2.24, 2.45) is 4.99 Å². The summed E-state index contributed by atoms with van der Waals surface area (Å²) in [5.41, 5.74) is 1.39. The van der Waals surface area contributed by atoms with E-state index >= 15 is 0 Å². The van der Waals surface area contributed by atoms with Crippen molar-refractivity contribution in [2.45, 2.75) is 20.0 Å². The summed E-state index contributed by atoms with van der Waals surface area (Å²) < 4.78 is 10.7. The van der Waals surface area contributed by atoms with E-state index in [1.807, 2.05) is 0 Å². The number of rotatable bonds is 7. The molecule has 0 aliphatic heterocycles. The van der Waals surface area contributed by atoms with E-state index in [2.05, 4.69) is 4.99 Å². The number of aliphatic imine (C=N–C) groups is 1. The van der Waals surface area contributed by atoms with Crippen molar-refractivity contribution in [2.75, 3.05) is 7.11 Å². The summed E-state index contributed by atoms with van der Waals surface area (Å²) in [5, 5.41) is 20.1. The fourth-order valence-electron chi connectivity index (χ4n) is 2.17. The maximum atomic E-state index is 11.1. The lowest BCUT2D eigenvalue weighted by Gasteiger charge is -2.15. The molecule has 0 radical (unpaired) electrons. The predicted molar refractivity (Wildman–Crippen MR) is 95.8 cm³/mol. The molecule has 0 spiro atoms. The number of benzene rings is 2. The smallest absolute Gasteiger partial charge is 0.344 e. The molecule has 0 bridgehead atoms. The molecule has 2 aromatic carbocycles. The van der Waals surface area contributed by atoms with E-state index in [0.29, 0.717) is 22.6 Å². The molecular formula is C18H18N2O6. The molecule has 2 aromatic rings. The number of carboxylic acid groups (broad SMARTS) is 1. The normalized spacial score (nSPS) is 12.0. The molecule has 1 atom stereocenters. The average molecular weight is 358 g/mol. The first-order valence-corrected chi connectivity index (χ1v) is 7.69. The molecule has 8 heteroatoms. The maximum Gasteiger partial charge on any atom is 0.344 e. The molecule has 2 rings (SSSR count). The van der Waals surface area contributed by atoms with Crippen LogP contribution >= 0.6 is 0 Å². The van der Waals surface area contributed by atoms with Crippen LogP contribution in [0.1, 0.15) is 18.1 Å². The van der Waals surface area contributed by atoms with Crippen molar-refractivity contribution < 1.29 is 24.3 Å². The van der Waals surface area contributed by atoms with Crippen LogP contribution in [0.25, 0.3) is 0 Å². The Bertz CT molecular complexity index is 863. The first-order valence-electron chi connectivity index (χ1n) is 7.69. The number of hydrogen-bond acceptors (Lipinski definition) is 6. The first kappa shape index (κ1) is 18.9. The lowest BCUT2D eigenvalue weighted by atomic mass is 10.1. The van der Waals surface area contributed by atoms with Crippen LogP contribution in [-0.4, -0.2) is 35.4 Å². The number of nitrogens with zero attached hydrogens (tertiary/aromatic N) is 2. The van der Waals surface area contributed by atoms with Gasteiger partial charge in [-0.3, -0.25) is 15.1 Å². The van der Waals surface area contributed by atoms with Gasteiger partial charge < -0.3 is 14.6 Å². The third-order valence-corrected chi connectivity index (χ3v) is 3.61. The van der Waals surface area contributed by atoms with Gasteiger partial charge in [0.15, 0.2) is 17.6 Å². The van der Waals surface area contributed by atoms with Gasteiger partial charge in [0, 0.05) is 23.4 Å². The van der Waals surface area contributed by atoms with Crippen LogP contribution in [-0.2, 0) is 4.79 Å². The van der Waals surface area contributed by atoms with Gasteiger partial charge in [0.2, 0.25) is 0 Å². The number of nitro groups is 1. The molecule has 0 aliphatic rings. The average Bonchev–Trinajstić information content (AvgIpc) is 2.61. The number of para-hydroxylation sites is 1. The van der Waals surface area contributed by atoms with Crippen LogP contribution in [0.4, 0.5) is 11.4 Å². The third kappa shape index (κ3) is 4.35. The number of nitro benzene ring substituents is 1. The minimum absolute atomic E-state index is 0.0266. The van der Waals surface area contributed by atoms with Crippen molar-refractivity contribution in [3.8, 4) is 11.5 Å². The summed E-state index contributed by atoms with van der Waals surface area (Å²) in [6.45, 7) is 3.05. The Morgan fingerprint density at radius 2 is 2.08 bits per heavy atom. The van der Waals surface area contributed by atoms with Crippen LogP contribution < -0.4 is 9.47 Å². The van der Waals surface area contributed by atoms with Crippen LogP contribution in [0, 0.1) is 17.0 Å². The summed E-state index contributed by atoms with van der Waals surface area (Å²) in [7, 11) is 1.44. The summed E-state index contributed by atoms with van der Waals surface area (Å²) in [4.78, 5) is 25.9. The van der Waals surface area contributed by atoms with Gasteiger partial charge in [-0.05, 0) is 32.0 Å². The van der Waals surface area contributed by atoms with Crippen molar-refractivity contribution >= 4 is 23.6 Å². The Kier molecular flexibility index (Phi) is 5.90. The second-order valence-corrected chi connectivity index (χ2v) is 5.46. The minimum Gasteiger partial charge on any atom is -0.493 e. The number of carboxylic acids is 1. The van der Waals surface area contributed by atoms with E-state index < -0.39 is 17.0 Å². The molecule has 8 nitrogen and oxygen atoms in total. The molecule has 0 aliphatic carbocycles. The lowest BCUT2D eigenvalue weighted by Crippen LogP contribution is -2.23. The zero-order chi connectivity index (χ0) is 19.3. The lowest BCUT2D eigenvalue weighted by molar-refractivity contribution is -0.385. The van der Waals surface area contributed by atoms with E-state index in [4.69, 9.17) is 14.6 Å². The topological polar surface area (TPSA) is 111 Å². The number of aryl methyl sites for hydroxylation is 1. The number of hydrogen-bond donors (Lipinski definition) is 1. The van der Waals surface area contributed by atoms with E-state index in [-0.39, 0.29) is 11.4 Å². The Labute approximate surface area is 149 Å². The fraction of sp³-hybridized carbons (Fsp3) is 0.222. The largest absolute Gasteiger partial charge is 0.493 e. The second kappa shape index (κ2) is 8.11. The third-order valence-electron chi connectivity index (χ3n) is 3.61. The highest BCUT2D eigenvalue weighted by Crippen LogP contribution is 2.32. The van der Waals surface area contributed by atoms with Crippen molar-refractivity contribution in [1.82, 2.24) is 0 Å². The van der Waals surface area contributed by atoms with E-state index in [1.165, 1.54) is 26.3 Å². The molecular weight excluding hydrogens is 340 g/mol. The van der Waals surface area contributed by atoms with Crippen LogP contribution in [0.2, 0.25) is 0 Å². The van der Waals surface area contributed by atoms with Gasteiger partial charge in [-0.2, -0.15) is 0 Å². The number of ether oxygens (including phenoxy) is 2. The Morgan fingerprint density at radius 1 is 1.35 bits per heavy atom. The van der Waals surface area contributed by atoms with Crippen LogP contribution in [0.5, 0.6) is 11.5 Å². The highest BCUT2D eigenvalue weighted by molar-refractivity contribution is 5.87. The zero-order valence-electron chi connectivity index (χ0n) is 14.5. The molecule has 0 amide bonds. The molecule has 0 heterocycles. The fourth-order valence-corrected chi connectivity index (χ4v) is 2.17. The van der Waals surface area contributed by atoms with Crippen LogP contribution in [0.15, 0.2) is 41.4 Å². The molecule has 0 fully saturated rings. The van der Waals surface area contributed by atoms with E-state index in [1.54, 1.807) is 37.3 Å². The molecule has 0 aromatic heterocycles. The van der Waals surface area contributed by atoms with Crippen molar-refractivity contribution in [3.05, 3.63) is 57.6 Å². The van der Waals surface area contributed by atoms with Gasteiger partial charge >= 0.3 is 5.97 Å². The Balaban J connectivity index is 2.40. The van der Waals surface area contributed by atoms with Gasteiger partial charge in [0.05, 0.1) is 17.7 Å². The predicted octanol–water partition coefficient (Wildman–Crippen LogP) is 3.51. The molecule has 0 saturated heterocycles. The monoisotopic (exact) mass is 358 g/mol. The Morgan fingerprint density at radius 3 is 2.69 bits per heavy atom. The molecule has 0 unspecified atom stereocenters. The number of methoxy groups -OCH3 is 1. The van der Waals surface area contributed by atoms with Gasteiger partial charge in [-0.15, -0.1) is 0 Å². The summed E-state index contributed by atoms with van der Waals surface area (Å²) >= 11 is 0. The Hall–Kier alpha value is -3.42. The SMILES string of the molecule is COc1cccc(C=Nc2ccc(C)c([N+](=O)[O-])c2)c1O[C@H](C)C(=O)O. The van der Waals surface area contributed by atoms with Gasteiger partial charge in [-0.25, -0.2) is 4.79 Å². The van der Waals surface area contributed by atoms with Crippen molar-refractivity contribution in [1.29, 1.82) is 0 Å². The minimum atomic E-state index is -1.12. The van der Waals surface area contributed by atoms with Gasteiger partial charge in [0.1, 0.15) is 0 Å². The van der Waals surface area contributed by atoms with Gasteiger partial charge in [-0.1, -0.05) is 12.1 Å². The molecule has 0 saturated carbocycles. The quantitative estimate of drug-likeness (QED) is 0.460. The first-order chi connectivity index (χ1) is 12.3. The maximum absolute atomic E-state index is 11.1. The molecule has 1 N–H and O–H groups in total. The zero-order valence-corrected chi connectivity index (χ0v) is 14.5. The molecule has 26 heavy (non-hydrogen) atoms. The highest BCUT2D eigenvalue weighted by Gasteiger charge is 2.18. The van der Waals surface area contributed by atoms with Crippen molar-refractivity contribution in [3.63, 3.8) is 0 Å². The van der Waals surface area contributed by atoms with Gasteiger partial charge in [0.25, 0.3) is 5.69 Å². The molecule has 136 valence electrons. The second-order valence-electron chi connectivity index (χ2n) is 5.46. The standard InChI is InChI=1S/C18H18N2O6/c1-11-7-8-14(9-15(11)20(23)24)19-10-13-5-4-6-16(25-3)17(13)26-12(2)18(21)22/h4-10,12H,1-3H3,(H,21,22)/t12-/m1/s1.